The predicted octanol–water partition coefficient (Wildman–Crippen LogP) is -1.67. The van der Waals surface area contributed by atoms with Gasteiger partial charge in [-0.15, -0.1) is 0 Å². The van der Waals surface area contributed by atoms with Crippen molar-refractivity contribution in [1.82, 2.24) is 14.5 Å². The number of piperazine rings is 1. The summed E-state index contributed by atoms with van der Waals surface area (Å²) in [7, 11) is 9.42. The molecule has 0 spiro atoms. The average molecular weight is 218 g/mol. The van der Waals surface area contributed by atoms with Gasteiger partial charge in [-0.05, 0) is 7.05 Å². The van der Waals surface area contributed by atoms with E-state index in [1.807, 2.05) is 4.90 Å². The van der Waals surface area contributed by atoms with Crippen LogP contribution in [0.15, 0.2) is 11.0 Å². The van der Waals surface area contributed by atoms with Crippen molar-refractivity contribution in [2.75, 3.05) is 38.1 Å². The number of aromatic nitrogens is 2. The normalized spacial score (nSPS) is 17.8. The van der Waals surface area contributed by atoms with E-state index in [2.05, 4.69) is 16.9 Å². The minimum atomic E-state index is -0.0845. The van der Waals surface area contributed by atoms with E-state index in [0.29, 0.717) is 11.4 Å². The van der Waals surface area contributed by atoms with E-state index in [0.717, 1.165) is 26.2 Å². The molecule has 2 radical (unpaired) electrons. The summed E-state index contributed by atoms with van der Waals surface area (Å²) in [4.78, 5) is 20.3. The number of nitrogens with zero attached hydrogens (tertiary/aromatic N) is 4. The average Bonchev–Trinajstić information content (AvgIpc) is 2.25. The highest BCUT2D eigenvalue weighted by Crippen LogP contribution is 2.06. The summed E-state index contributed by atoms with van der Waals surface area (Å²) in [5.74, 6) is 0.468. The standard InChI is InChI=1S/C10H15BN4O/c1-13-3-5-15(6-4-13)9-10(16)14(2)7-8(11)12-9/h7H,3-6H2,1-2H3. The molecule has 2 rings (SSSR count). The van der Waals surface area contributed by atoms with Crippen molar-refractivity contribution >= 4 is 19.3 Å². The third-order valence-electron chi connectivity index (χ3n) is 2.88. The monoisotopic (exact) mass is 218 g/mol. The molecule has 1 aromatic heterocycles. The molecular weight excluding hydrogens is 203 g/mol. The lowest BCUT2D eigenvalue weighted by atomic mass is 10.1. The van der Waals surface area contributed by atoms with Crippen LogP contribution in [0.25, 0.3) is 0 Å². The Morgan fingerprint density at radius 3 is 2.50 bits per heavy atom. The van der Waals surface area contributed by atoms with E-state index in [1.165, 1.54) is 4.57 Å². The van der Waals surface area contributed by atoms with Gasteiger partial charge in [-0.25, -0.2) is 4.98 Å². The van der Waals surface area contributed by atoms with Crippen molar-refractivity contribution in [2.45, 2.75) is 0 Å². The number of hydrogen-bond acceptors (Lipinski definition) is 4. The van der Waals surface area contributed by atoms with E-state index in [9.17, 15) is 4.79 Å². The van der Waals surface area contributed by atoms with Gasteiger partial charge < -0.3 is 14.4 Å². The first-order valence-corrected chi connectivity index (χ1v) is 5.34. The maximum Gasteiger partial charge on any atom is 0.293 e. The second kappa shape index (κ2) is 4.29. The molecule has 84 valence electrons. The molecular formula is C10H15BN4O. The SMILES string of the molecule is [B]c1cn(C)c(=O)c(N2CCN(C)CC2)n1. The molecule has 0 aromatic carbocycles. The van der Waals surface area contributed by atoms with Crippen molar-refractivity contribution in [3.63, 3.8) is 0 Å². The van der Waals surface area contributed by atoms with Crippen LogP contribution in [0.5, 0.6) is 0 Å². The molecule has 1 aliphatic rings. The Morgan fingerprint density at radius 2 is 1.88 bits per heavy atom. The Morgan fingerprint density at radius 1 is 1.25 bits per heavy atom. The molecule has 6 heteroatoms. The predicted molar refractivity (Wildman–Crippen MR) is 64.6 cm³/mol. The van der Waals surface area contributed by atoms with Crippen LogP contribution in [-0.2, 0) is 7.05 Å². The van der Waals surface area contributed by atoms with Gasteiger partial charge in [-0.3, -0.25) is 4.79 Å². The molecule has 0 unspecified atom stereocenters. The van der Waals surface area contributed by atoms with Gasteiger partial charge in [0.1, 0.15) is 7.85 Å². The summed E-state index contributed by atoms with van der Waals surface area (Å²) >= 11 is 0. The van der Waals surface area contributed by atoms with Crippen molar-refractivity contribution in [3.05, 3.63) is 16.6 Å². The first-order chi connectivity index (χ1) is 7.58. The molecule has 1 aromatic rings. The molecule has 0 aliphatic carbocycles. The Bertz CT molecular complexity index is 437. The highest BCUT2D eigenvalue weighted by molar-refractivity contribution is 6.30. The first-order valence-electron chi connectivity index (χ1n) is 5.34. The van der Waals surface area contributed by atoms with Crippen molar-refractivity contribution < 1.29 is 0 Å². The molecule has 2 heterocycles. The minimum absolute atomic E-state index is 0.0845. The zero-order chi connectivity index (χ0) is 11.7. The largest absolute Gasteiger partial charge is 0.349 e. The number of rotatable bonds is 1. The van der Waals surface area contributed by atoms with Crippen LogP contribution in [-0.4, -0.2) is 55.5 Å². The number of hydrogen-bond donors (Lipinski definition) is 0. The fraction of sp³-hybridized carbons (Fsp3) is 0.600. The van der Waals surface area contributed by atoms with E-state index in [1.54, 1.807) is 13.2 Å². The highest BCUT2D eigenvalue weighted by Gasteiger charge is 2.18. The lowest BCUT2D eigenvalue weighted by molar-refractivity contribution is 0.311. The van der Waals surface area contributed by atoms with Crippen LogP contribution in [0.3, 0.4) is 0 Å². The number of anilines is 1. The summed E-state index contributed by atoms with van der Waals surface area (Å²) in [5, 5.41) is 0. The molecule has 1 fully saturated rings. The Balaban J connectivity index is 2.30. The van der Waals surface area contributed by atoms with Crippen molar-refractivity contribution in [1.29, 1.82) is 0 Å². The zero-order valence-electron chi connectivity index (χ0n) is 9.68. The molecule has 0 bridgehead atoms. The van der Waals surface area contributed by atoms with Gasteiger partial charge in [0.25, 0.3) is 5.56 Å². The highest BCUT2D eigenvalue weighted by atomic mass is 16.1. The molecule has 1 aliphatic heterocycles. The first kappa shape index (κ1) is 11.2. The third kappa shape index (κ3) is 2.11. The molecule has 16 heavy (non-hydrogen) atoms. The molecule has 1 saturated heterocycles. The lowest BCUT2D eigenvalue weighted by Gasteiger charge is -2.32. The maximum atomic E-state index is 11.9. The topological polar surface area (TPSA) is 41.4 Å². The fourth-order valence-corrected chi connectivity index (χ4v) is 1.84. The summed E-state index contributed by atoms with van der Waals surface area (Å²) in [6, 6.07) is 0. The van der Waals surface area contributed by atoms with Crippen molar-refractivity contribution in [2.24, 2.45) is 7.05 Å². The molecule has 0 atom stereocenters. The van der Waals surface area contributed by atoms with Gasteiger partial charge in [0, 0.05) is 45.0 Å². The summed E-state index contributed by atoms with van der Waals surface area (Å²) in [6.45, 7) is 3.53. The molecule has 0 saturated carbocycles. The number of aryl methyl sites for hydroxylation is 1. The number of likely N-dealkylation sites (N-methyl/N-ethyl adjacent to an activating group) is 1. The van der Waals surface area contributed by atoms with Gasteiger partial charge in [0.05, 0.1) is 0 Å². The van der Waals surface area contributed by atoms with E-state index < -0.39 is 0 Å². The Kier molecular flexibility index (Phi) is 3.00. The van der Waals surface area contributed by atoms with Crippen LogP contribution in [0.4, 0.5) is 5.82 Å². The fourth-order valence-electron chi connectivity index (χ4n) is 1.84. The van der Waals surface area contributed by atoms with Gasteiger partial charge >= 0.3 is 0 Å². The van der Waals surface area contributed by atoms with E-state index in [4.69, 9.17) is 7.85 Å². The smallest absolute Gasteiger partial charge is 0.293 e. The molecule has 0 N–H and O–H groups in total. The van der Waals surface area contributed by atoms with E-state index >= 15 is 0 Å². The summed E-state index contributed by atoms with van der Waals surface area (Å²) < 4.78 is 1.48. The van der Waals surface area contributed by atoms with Gasteiger partial charge in [0.2, 0.25) is 0 Å². The van der Waals surface area contributed by atoms with Crippen LogP contribution in [0, 0.1) is 0 Å². The minimum Gasteiger partial charge on any atom is -0.349 e. The lowest BCUT2D eigenvalue weighted by Crippen LogP contribution is -2.47. The summed E-state index contributed by atoms with van der Waals surface area (Å²) in [6.07, 6.45) is 1.54. The maximum absolute atomic E-state index is 11.9. The second-order valence-electron chi connectivity index (χ2n) is 4.20. The summed E-state index contributed by atoms with van der Waals surface area (Å²) in [5.41, 5.74) is 0.301. The van der Waals surface area contributed by atoms with Crippen LogP contribution in [0.1, 0.15) is 0 Å². The Labute approximate surface area is 96.1 Å². The Hall–Kier alpha value is -1.30. The van der Waals surface area contributed by atoms with Crippen LogP contribution in [0.2, 0.25) is 0 Å². The van der Waals surface area contributed by atoms with Gasteiger partial charge in [0.15, 0.2) is 5.82 Å². The quantitative estimate of drug-likeness (QED) is 0.528. The van der Waals surface area contributed by atoms with E-state index in [-0.39, 0.29) is 5.56 Å². The molecule has 0 amide bonds. The molecule has 5 nitrogen and oxygen atoms in total. The third-order valence-corrected chi connectivity index (χ3v) is 2.88. The van der Waals surface area contributed by atoms with Gasteiger partial charge in [-0.2, -0.15) is 0 Å². The second-order valence-corrected chi connectivity index (χ2v) is 4.20. The van der Waals surface area contributed by atoms with Crippen LogP contribution < -0.4 is 16.1 Å². The van der Waals surface area contributed by atoms with Crippen LogP contribution >= 0.6 is 0 Å². The van der Waals surface area contributed by atoms with Gasteiger partial charge in [-0.1, -0.05) is 0 Å². The van der Waals surface area contributed by atoms with Crippen molar-refractivity contribution in [3.8, 4) is 0 Å². The zero-order valence-corrected chi connectivity index (χ0v) is 9.68.